The van der Waals surface area contributed by atoms with Crippen LogP contribution in [-0.4, -0.2) is 26.8 Å². The third-order valence-corrected chi connectivity index (χ3v) is 2.34. The second-order valence-electron chi connectivity index (χ2n) is 3.90. The summed E-state index contributed by atoms with van der Waals surface area (Å²) >= 11 is 0. The molecule has 7 heteroatoms. The van der Waals surface area contributed by atoms with E-state index in [4.69, 9.17) is 10.8 Å². The Kier molecular flexibility index (Phi) is 3.46. The summed E-state index contributed by atoms with van der Waals surface area (Å²) in [6, 6.07) is 6.55. The SMILES string of the molecule is Nc1cccc(C(=O)Nc2cnn(CC(=O)O)c2)c1. The van der Waals surface area contributed by atoms with Crippen LogP contribution in [0.4, 0.5) is 11.4 Å². The van der Waals surface area contributed by atoms with Gasteiger partial charge in [0.25, 0.3) is 5.91 Å². The lowest BCUT2D eigenvalue weighted by atomic mass is 10.2. The van der Waals surface area contributed by atoms with Gasteiger partial charge in [0.2, 0.25) is 0 Å². The van der Waals surface area contributed by atoms with Gasteiger partial charge in [-0.05, 0) is 18.2 Å². The van der Waals surface area contributed by atoms with E-state index in [9.17, 15) is 9.59 Å². The number of aromatic nitrogens is 2. The molecule has 0 fully saturated rings. The van der Waals surface area contributed by atoms with Gasteiger partial charge in [0.15, 0.2) is 0 Å². The standard InChI is InChI=1S/C12H12N4O3/c13-9-3-1-2-8(4-9)12(19)15-10-5-14-16(6-10)7-11(17)18/h1-6H,7,13H2,(H,15,19)(H,17,18). The van der Waals surface area contributed by atoms with Crippen LogP contribution >= 0.6 is 0 Å². The molecule has 1 aromatic heterocycles. The molecule has 4 N–H and O–H groups in total. The maximum absolute atomic E-state index is 11.9. The van der Waals surface area contributed by atoms with Crippen molar-refractivity contribution in [3.8, 4) is 0 Å². The zero-order chi connectivity index (χ0) is 13.8. The van der Waals surface area contributed by atoms with Crippen molar-refractivity contribution in [2.75, 3.05) is 11.1 Å². The lowest BCUT2D eigenvalue weighted by Gasteiger charge is -2.03. The number of carboxylic acids is 1. The first-order valence-electron chi connectivity index (χ1n) is 5.46. The minimum atomic E-state index is -1.00. The minimum absolute atomic E-state index is 0.256. The number of benzene rings is 1. The molecule has 0 radical (unpaired) electrons. The molecule has 0 bridgehead atoms. The van der Waals surface area contributed by atoms with Crippen LogP contribution in [0.25, 0.3) is 0 Å². The van der Waals surface area contributed by atoms with Crippen LogP contribution in [0.2, 0.25) is 0 Å². The number of hydrogen-bond acceptors (Lipinski definition) is 4. The second kappa shape index (κ2) is 5.21. The van der Waals surface area contributed by atoms with E-state index in [1.165, 1.54) is 17.1 Å². The number of carbonyl (C=O) groups is 2. The summed E-state index contributed by atoms with van der Waals surface area (Å²) in [6.07, 6.45) is 2.82. The van der Waals surface area contributed by atoms with Crippen molar-refractivity contribution in [2.45, 2.75) is 6.54 Å². The Hall–Kier alpha value is -2.83. The first-order valence-corrected chi connectivity index (χ1v) is 5.46. The number of nitrogens with two attached hydrogens (primary N) is 1. The molecule has 0 aliphatic heterocycles. The van der Waals surface area contributed by atoms with Crippen LogP contribution in [0.1, 0.15) is 10.4 Å². The maximum atomic E-state index is 11.9. The summed E-state index contributed by atoms with van der Waals surface area (Å²) in [5, 5.41) is 15.0. The highest BCUT2D eigenvalue weighted by molar-refractivity contribution is 6.04. The molecule has 7 nitrogen and oxygen atoms in total. The molecule has 1 heterocycles. The van der Waals surface area contributed by atoms with Gasteiger partial charge < -0.3 is 16.2 Å². The molecule has 0 aliphatic carbocycles. The normalized spacial score (nSPS) is 10.1. The van der Waals surface area contributed by atoms with Crippen molar-refractivity contribution in [1.29, 1.82) is 0 Å². The second-order valence-corrected chi connectivity index (χ2v) is 3.90. The molecule has 0 saturated heterocycles. The molecule has 1 amide bonds. The molecule has 0 unspecified atom stereocenters. The number of nitrogen functional groups attached to an aromatic ring is 1. The van der Waals surface area contributed by atoms with Crippen molar-refractivity contribution in [3.63, 3.8) is 0 Å². The molecule has 1 aromatic carbocycles. The number of nitrogens with zero attached hydrogens (tertiary/aromatic N) is 2. The van der Waals surface area contributed by atoms with Gasteiger partial charge in [-0.1, -0.05) is 6.07 Å². The van der Waals surface area contributed by atoms with Gasteiger partial charge in [0.1, 0.15) is 6.54 Å². The Balaban J connectivity index is 2.06. The first-order chi connectivity index (χ1) is 9.04. The summed E-state index contributed by atoms with van der Waals surface area (Å²) in [5.41, 5.74) is 6.93. The molecule has 0 saturated carbocycles. The topological polar surface area (TPSA) is 110 Å². The van der Waals surface area contributed by atoms with Gasteiger partial charge in [-0.25, -0.2) is 0 Å². The van der Waals surface area contributed by atoms with Crippen LogP contribution in [0.5, 0.6) is 0 Å². The molecule has 19 heavy (non-hydrogen) atoms. The van der Waals surface area contributed by atoms with Crippen LogP contribution in [0.15, 0.2) is 36.7 Å². The van der Waals surface area contributed by atoms with E-state index in [1.54, 1.807) is 24.3 Å². The summed E-state index contributed by atoms with van der Waals surface area (Å²) < 4.78 is 1.22. The Morgan fingerprint density at radius 3 is 2.89 bits per heavy atom. The number of rotatable bonds is 4. The fourth-order valence-corrected chi connectivity index (χ4v) is 1.54. The molecule has 2 aromatic rings. The van der Waals surface area contributed by atoms with Crippen molar-refractivity contribution >= 4 is 23.3 Å². The third kappa shape index (κ3) is 3.32. The number of anilines is 2. The lowest BCUT2D eigenvalue weighted by molar-refractivity contribution is -0.137. The average Bonchev–Trinajstić information content (AvgIpc) is 2.75. The predicted molar refractivity (Wildman–Crippen MR) is 68.7 cm³/mol. The summed E-state index contributed by atoms with van der Waals surface area (Å²) in [4.78, 5) is 22.4. The Bertz CT molecular complexity index is 621. The van der Waals surface area contributed by atoms with E-state index in [2.05, 4.69) is 10.4 Å². The Morgan fingerprint density at radius 1 is 1.42 bits per heavy atom. The number of nitrogens with one attached hydrogen (secondary N) is 1. The average molecular weight is 260 g/mol. The molecular weight excluding hydrogens is 248 g/mol. The number of carboxylic acid groups (broad SMARTS) is 1. The van der Waals surface area contributed by atoms with Crippen LogP contribution < -0.4 is 11.1 Å². The minimum Gasteiger partial charge on any atom is -0.480 e. The number of amides is 1. The fourth-order valence-electron chi connectivity index (χ4n) is 1.54. The molecule has 0 spiro atoms. The Labute approximate surface area is 108 Å². The highest BCUT2D eigenvalue weighted by Crippen LogP contribution is 2.10. The predicted octanol–water partition coefficient (Wildman–Crippen LogP) is 0.802. The van der Waals surface area contributed by atoms with Gasteiger partial charge in [0.05, 0.1) is 11.9 Å². The number of carbonyl (C=O) groups excluding carboxylic acids is 1. The van der Waals surface area contributed by atoms with Gasteiger partial charge in [-0.3, -0.25) is 14.3 Å². The zero-order valence-electron chi connectivity index (χ0n) is 9.91. The fraction of sp³-hybridized carbons (Fsp3) is 0.0833. The molecule has 2 rings (SSSR count). The van der Waals surface area contributed by atoms with Crippen LogP contribution in [0.3, 0.4) is 0 Å². The quantitative estimate of drug-likeness (QED) is 0.704. The largest absolute Gasteiger partial charge is 0.480 e. The van der Waals surface area contributed by atoms with E-state index in [0.29, 0.717) is 16.9 Å². The van der Waals surface area contributed by atoms with E-state index in [0.717, 1.165) is 0 Å². The van der Waals surface area contributed by atoms with Crippen molar-refractivity contribution in [2.24, 2.45) is 0 Å². The lowest BCUT2D eigenvalue weighted by Crippen LogP contribution is -2.12. The maximum Gasteiger partial charge on any atom is 0.325 e. The van der Waals surface area contributed by atoms with E-state index < -0.39 is 5.97 Å². The number of hydrogen-bond donors (Lipinski definition) is 3. The van der Waals surface area contributed by atoms with Crippen molar-refractivity contribution < 1.29 is 14.7 Å². The first kappa shape index (κ1) is 12.6. The molecular formula is C12H12N4O3. The van der Waals surface area contributed by atoms with Gasteiger partial charge >= 0.3 is 5.97 Å². The molecule has 98 valence electrons. The highest BCUT2D eigenvalue weighted by Gasteiger charge is 2.08. The third-order valence-electron chi connectivity index (χ3n) is 2.34. The summed E-state index contributed by atoms with van der Waals surface area (Å²) in [5.74, 6) is -1.33. The Morgan fingerprint density at radius 2 is 2.21 bits per heavy atom. The zero-order valence-corrected chi connectivity index (χ0v) is 9.91. The van der Waals surface area contributed by atoms with E-state index in [-0.39, 0.29) is 12.5 Å². The highest BCUT2D eigenvalue weighted by atomic mass is 16.4. The monoisotopic (exact) mass is 260 g/mol. The van der Waals surface area contributed by atoms with Crippen LogP contribution in [-0.2, 0) is 11.3 Å². The molecule has 0 atom stereocenters. The summed E-state index contributed by atoms with van der Waals surface area (Å²) in [7, 11) is 0. The van der Waals surface area contributed by atoms with E-state index >= 15 is 0 Å². The van der Waals surface area contributed by atoms with Gasteiger partial charge in [-0.2, -0.15) is 5.10 Å². The van der Waals surface area contributed by atoms with Crippen LogP contribution in [0, 0.1) is 0 Å². The van der Waals surface area contributed by atoms with E-state index in [1.807, 2.05) is 0 Å². The van der Waals surface area contributed by atoms with Crippen molar-refractivity contribution in [3.05, 3.63) is 42.2 Å². The summed E-state index contributed by atoms with van der Waals surface area (Å²) in [6.45, 7) is -0.256. The van der Waals surface area contributed by atoms with Gasteiger partial charge in [-0.15, -0.1) is 0 Å². The number of aliphatic carboxylic acids is 1. The molecule has 0 aliphatic rings. The smallest absolute Gasteiger partial charge is 0.325 e. The van der Waals surface area contributed by atoms with Gasteiger partial charge in [0, 0.05) is 17.4 Å². The van der Waals surface area contributed by atoms with Crippen molar-refractivity contribution in [1.82, 2.24) is 9.78 Å².